The Morgan fingerprint density at radius 1 is 1.04 bits per heavy atom. The van der Waals surface area contributed by atoms with Crippen molar-refractivity contribution >= 4 is 11.6 Å². The van der Waals surface area contributed by atoms with Crippen LogP contribution in [0, 0.1) is 5.82 Å². The molecule has 0 spiro atoms. The van der Waals surface area contributed by atoms with Crippen LogP contribution in [-0.2, 0) is 6.54 Å². The van der Waals surface area contributed by atoms with Crippen molar-refractivity contribution in [1.29, 1.82) is 0 Å². The minimum absolute atomic E-state index is 0.0266. The Balaban J connectivity index is 1.55. The van der Waals surface area contributed by atoms with E-state index in [2.05, 4.69) is 4.90 Å². The highest BCUT2D eigenvalue weighted by Crippen LogP contribution is 2.14. The van der Waals surface area contributed by atoms with Gasteiger partial charge in [-0.1, -0.05) is 18.2 Å². The second-order valence-electron chi connectivity index (χ2n) is 5.82. The number of nitrogens with two attached hydrogens (primary N) is 1. The van der Waals surface area contributed by atoms with Crippen LogP contribution in [0.4, 0.5) is 10.1 Å². The molecule has 0 unspecified atom stereocenters. The van der Waals surface area contributed by atoms with Crippen molar-refractivity contribution in [3.63, 3.8) is 0 Å². The zero-order valence-electron chi connectivity index (χ0n) is 12.9. The third-order valence-electron chi connectivity index (χ3n) is 4.11. The topological polar surface area (TPSA) is 49.6 Å². The molecule has 0 aliphatic carbocycles. The molecule has 0 aromatic heterocycles. The molecule has 0 radical (unpaired) electrons. The summed E-state index contributed by atoms with van der Waals surface area (Å²) in [5.74, 6) is -0.190. The molecule has 1 heterocycles. The average Bonchev–Trinajstić information content (AvgIpc) is 2.57. The van der Waals surface area contributed by atoms with E-state index in [0.29, 0.717) is 24.3 Å². The van der Waals surface area contributed by atoms with Gasteiger partial charge < -0.3 is 10.6 Å². The Labute approximate surface area is 135 Å². The fraction of sp³-hybridized carbons (Fsp3) is 0.278. The molecule has 1 aliphatic heterocycles. The maximum Gasteiger partial charge on any atom is 0.254 e. The van der Waals surface area contributed by atoms with Crippen molar-refractivity contribution in [2.75, 3.05) is 31.9 Å². The zero-order chi connectivity index (χ0) is 16.2. The van der Waals surface area contributed by atoms with Gasteiger partial charge in [-0.15, -0.1) is 0 Å². The van der Waals surface area contributed by atoms with Crippen molar-refractivity contribution < 1.29 is 9.18 Å². The molecule has 3 rings (SSSR count). The number of amides is 1. The summed E-state index contributed by atoms with van der Waals surface area (Å²) in [7, 11) is 0. The summed E-state index contributed by atoms with van der Waals surface area (Å²) in [6.45, 7) is 3.78. The van der Waals surface area contributed by atoms with E-state index >= 15 is 0 Å². The summed E-state index contributed by atoms with van der Waals surface area (Å²) >= 11 is 0. The lowest BCUT2D eigenvalue weighted by Crippen LogP contribution is -2.48. The summed E-state index contributed by atoms with van der Waals surface area (Å²) in [5, 5.41) is 0. The molecular formula is C18H20FN3O. The van der Waals surface area contributed by atoms with E-state index in [1.54, 1.807) is 36.4 Å². The van der Waals surface area contributed by atoms with Gasteiger partial charge in [-0.3, -0.25) is 9.69 Å². The third kappa shape index (κ3) is 3.87. The average molecular weight is 313 g/mol. The van der Waals surface area contributed by atoms with Gasteiger partial charge in [0.05, 0.1) is 0 Å². The number of halogens is 1. The largest absolute Gasteiger partial charge is 0.399 e. The summed E-state index contributed by atoms with van der Waals surface area (Å²) in [4.78, 5) is 16.6. The lowest BCUT2D eigenvalue weighted by atomic mass is 10.1. The molecule has 0 saturated carbocycles. The molecule has 0 bridgehead atoms. The summed E-state index contributed by atoms with van der Waals surface area (Å²) < 4.78 is 12.9. The first kappa shape index (κ1) is 15.5. The lowest BCUT2D eigenvalue weighted by molar-refractivity contribution is 0.0628. The molecule has 2 N–H and O–H groups in total. The third-order valence-corrected chi connectivity index (χ3v) is 4.11. The number of piperazine rings is 1. The van der Waals surface area contributed by atoms with E-state index in [1.165, 1.54) is 12.1 Å². The predicted octanol–water partition coefficient (Wildman–Crippen LogP) is 2.37. The SMILES string of the molecule is Nc1cccc(C(=O)N2CCN(Cc3ccc(F)cc3)CC2)c1. The second kappa shape index (κ2) is 6.79. The highest BCUT2D eigenvalue weighted by Gasteiger charge is 2.22. The Hall–Kier alpha value is -2.40. The van der Waals surface area contributed by atoms with Crippen LogP contribution in [0.1, 0.15) is 15.9 Å². The van der Waals surface area contributed by atoms with Crippen molar-refractivity contribution in [2.45, 2.75) is 6.54 Å². The first-order chi connectivity index (χ1) is 11.1. The fourth-order valence-electron chi connectivity index (χ4n) is 2.81. The van der Waals surface area contributed by atoms with Gasteiger partial charge in [-0.25, -0.2) is 4.39 Å². The minimum atomic E-state index is -0.216. The molecule has 1 amide bonds. The van der Waals surface area contributed by atoms with Gasteiger partial charge in [0.2, 0.25) is 0 Å². The first-order valence-electron chi connectivity index (χ1n) is 7.73. The Morgan fingerprint density at radius 3 is 2.39 bits per heavy atom. The number of carbonyl (C=O) groups is 1. The van der Waals surface area contributed by atoms with Crippen molar-refractivity contribution in [2.24, 2.45) is 0 Å². The molecule has 4 nitrogen and oxygen atoms in total. The maximum absolute atomic E-state index is 12.9. The second-order valence-corrected chi connectivity index (χ2v) is 5.82. The van der Waals surface area contributed by atoms with E-state index in [4.69, 9.17) is 5.73 Å². The van der Waals surface area contributed by atoms with Crippen LogP contribution in [0.15, 0.2) is 48.5 Å². The van der Waals surface area contributed by atoms with E-state index < -0.39 is 0 Å². The van der Waals surface area contributed by atoms with Gasteiger partial charge in [-0.05, 0) is 35.9 Å². The van der Waals surface area contributed by atoms with E-state index in [0.717, 1.165) is 25.2 Å². The molecular weight excluding hydrogens is 293 g/mol. The highest BCUT2D eigenvalue weighted by molar-refractivity contribution is 5.95. The molecule has 1 saturated heterocycles. The smallest absolute Gasteiger partial charge is 0.254 e. The van der Waals surface area contributed by atoms with Crippen LogP contribution in [0.3, 0.4) is 0 Å². The Kier molecular flexibility index (Phi) is 4.57. The molecule has 2 aromatic rings. The lowest BCUT2D eigenvalue weighted by Gasteiger charge is -2.34. The summed E-state index contributed by atoms with van der Waals surface area (Å²) in [5.41, 5.74) is 8.06. The Morgan fingerprint density at radius 2 is 1.74 bits per heavy atom. The molecule has 1 aliphatic rings. The number of hydrogen-bond acceptors (Lipinski definition) is 3. The number of anilines is 1. The van der Waals surface area contributed by atoms with Gasteiger partial charge in [0.25, 0.3) is 5.91 Å². The number of nitrogens with zero attached hydrogens (tertiary/aromatic N) is 2. The minimum Gasteiger partial charge on any atom is -0.399 e. The van der Waals surface area contributed by atoms with Crippen molar-refractivity contribution in [3.8, 4) is 0 Å². The number of carbonyl (C=O) groups excluding carboxylic acids is 1. The van der Waals surface area contributed by atoms with Crippen LogP contribution < -0.4 is 5.73 Å². The first-order valence-corrected chi connectivity index (χ1v) is 7.73. The standard InChI is InChI=1S/C18H20FN3O/c19-16-6-4-14(5-7-16)13-21-8-10-22(11-9-21)18(23)15-2-1-3-17(20)12-15/h1-7,12H,8-11,13,20H2. The van der Waals surface area contributed by atoms with Gasteiger partial charge >= 0.3 is 0 Å². The molecule has 0 atom stereocenters. The normalized spacial score (nSPS) is 15.6. The number of hydrogen-bond donors (Lipinski definition) is 1. The molecule has 23 heavy (non-hydrogen) atoms. The molecule has 120 valence electrons. The van der Waals surface area contributed by atoms with E-state index in [-0.39, 0.29) is 11.7 Å². The number of nitrogen functional groups attached to an aromatic ring is 1. The van der Waals surface area contributed by atoms with E-state index in [9.17, 15) is 9.18 Å². The molecule has 1 fully saturated rings. The highest BCUT2D eigenvalue weighted by atomic mass is 19.1. The van der Waals surface area contributed by atoms with Crippen molar-refractivity contribution in [1.82, 2.24) is 9.80 Å². The van der Waals surface area contributed by atoms with Crippen LogP contribution in [0.2, 0.25) is 0 Å². The van der Waals surface area contributed by atoms with Crippen LogP contribution in [-0.4, -0.2) is 41.9 Å². The predicted molar refractivity (Wildman–Crippen MR) is 88.4 cm³/mol. The van der Waals surface area contributed by atoms with Crippen molar-refractivity contribution in [3.05, 3.63) is 65.5 Å². The van der Waals surface area contributed by atoms with Crippen LogP contribution in [0.5, 0.6) is 0 Å². The van der Waals surface area contributed by atoms with Gasteiger partial charge in [0, 0.05) is 44.0 Å². The molecule has 2 aromatic carbocycles. The monoisotopic (exact) mass is 313 g/mol. The van der Waals surface area contributed by atoms with Crippen LogP contribution >= 0.6 is 0 Å². The number of rotatable bonds is 3. The van der Waals surface area contributed by atoms with E-state index in [1.807, 2.05) is 4.90 Å². The summed E-state index contributed by atoms with van der Waals surface area (Å²) in [6, 6.07) is 13.7. The van der Waals surface area contributed by atoms with Gasteiger partial charge in [0.1, 0.15) is 5.82 Å². The summed E-state index contributed by atoms with van der Waals surface area (Å²) in [6.07, 6.45) is 0. The molecule has 5 heteroatoms. The van der Waals surface area contributed by atoms with Gasteiger partial charge in [0.15, 0.2) is 0 Å². The van der Waals surface area contributed by atoms with Gasteiger partial charge in [-0.2, -0.15) is 0 Å². The fourth-order valence-corrected chi connectivity index (χ4v) is 2.81. The Bertz CT molecular complexity index is 679. The maximum atomic E-state index is 12.9. The van der Waals surface area contributed by atoms with Crippen LogP contribution in [0.25, 0.3) is 0 Å². The number of benzene rings is 2. The quantitative estimate of drug-likeness (QED) is 0.885. The zero-order valence-corrected chi connectivity index (χ0v) is 12.9.